The smallest absolute Gasteiger partial charge is 0.256 e. The number of aryl methyl sites for hydroxylation is 1. The molecule has 2 rings (SSSR count). The van der Waals surface area contributed by atoms with E-state index in [1.807, 2.05) is 19.1 Å². The van der Waals surface area contributed by atoms with Crippen LogP contribution >= 0.6 is 11.5 Å². The van der Waals surface area contributed by atoms with Crippen molar-refractivity contribution in [1.82, 2.24) is 9.27 Å². The van der Waals surface area contributed by atoms with Crippen molar-refractivity contribution in [2.75, 3.05) is 7.05 Å². The lowest BCUT2D eigenvalue weighted by Gasteiger charge is -2.14. The Morgan fingerprint density at radius 1 is 1.62 bits per heavy atom. The summed E-state index contributed by atoms with van der Waals surface area (Å²) in [5.41, 5.74) is 1.44. The average molecular weight is 236 g/mol. The highest BCUT2D eigenvalue weighted by atomic mass is 32.1. The minimum Gasteiger partial charge on any atom is -0.467 e. The number of carbonyl (C=O) groups is 1. The summed E-state index contributed by atoms with van der Waals surface area (Å²) < 4.78 is 9.28. The Bertz CT molecular complexity index is 476. The first kappa shape index (κ1) is 10.9. The molecule has 0 unspecified atom stereocenters. The normalized spacial score (nSPS) is 10.4. The molecular weight excluding hydrogens is 224 g/mol. The first-order chi connectivity index (χ1) is 7.68. The van der Waals surface area contributed by atoms with Gasteiger partial charge in [0.05, 0.1) is 24.1 Å². The molecule has 2 aromatic heterocycles. The number of rotatable bonds is 3. The van der Waals surface area contributed by atoms with Gasteiger partial charge in [-0.05, 0) is 30.6 Å². The van der Waals surface area contributed by atoms with Gasteiger partial charge in [-0.15, -0.1) is 0 Å². The van der Waals surface area contributed by atoms with Crippen LogP contribution in [0, 0.1) is 6.92 Å². The Kier molecular flexibility index (Phi) is 3.05. The maximum absolute atomic E-state index is 12.0. The van der Waals surface area contributed by atoms with Crippen molar-refractivity contribution >= 4 is 17.4 Å². The molecule has 0 aromatic carbocycles. The van der Waals surface area contributed by atoms with Crippen LogP contribution in [0.3, 0.4) is 0 Å². The summed E-state index contributed by atoms with van der Waals surface area (Å²) in [6, 6.07) is 3.66. The van der Waals surface area contributed by atoms with Crippen molar-refractivity contribution in [3.8, 4) is 0 Å². The highest BCUT2D eigenvalue weighted by Gasteiger charge is 2.16. The Labute approximate surface area is 97.7 Å². The Morgan fingerprint density at radius 3 is 3.00 bits per heavy atom. The first-order valence-corrected chi connectivity index (χ1v) is 5.71. The van der Waals surface area contributed by atoms with E-state index < -0.39 is 0 Å². The van der Waals surface area contributed by atoms with Crippen LogP contribution in [-0.2, 0) is 6.54 Å². The topological polar surface area (TPSA) is 46.3 Å². The molecule has 16 heavy (non-hydrogen) atoms. The van der Waals surface area contributed by atoms with Crippen LogP contribution in [0.2, 0.25) is 0 Å². The molecule has 5 heteroatoms. The first-order valence-electron chi connectivity index (χ1n) is 4.87. The van der Waals surface area contributed by atoms with Crippen LogP contribution in [0.5, 0.6) is 0 Å². The summed E-state index contributed by atoms with van der Waals surface area (Å²) in [5, 5.41) is 1.77. The van der Waals surface area contributed by atoms with Gasteiger partial charge in [0.25, 0.3) is 5.91 Å². The summed E-state index contributed by atoms with van der Waals surface area (Å²) in [5.74, 6) is 0.749. The number of hydrogen-bond acceptors (Lipinski definition) is 4. The van der Waals surface area contributed by atoms with Gasteiger partial charge in [0, 0.05) is 12.4 Å². The van der Waals surface area contributed by atoms with Crippen molar-refractivity contribution in [3.63, 3.8) is 0 Å². The lowest BCUT2D eigenvalue weighted by atomic mass is 10.2. The minimum atomic E-state index is -0.0253. The fraction of sp³-hybridized carbons (Fsp3) is 0.273. The second-order valence-electron chi connectivity index (χ2n) is 3.55. The maximum Gasteiger partial charge on any atom is 0.256 e. The molecule has 4 nitrogen and oxygen atoms in total. The number of furan rings is 1. The van der Waals surface area contributed by atoms with Gasteiger partial charge in [-0.1, -0.05) is 0 Å². The highest BCUT2D eigenvalue weighted by Crippen LogP contribution is 2.13. The van der Waals surface area contributed by atoms with E-state index in [0.29, 0.717) is 12.1 Å². The number of hydrogen-bond donors (Lipinski definition) is 0. The zero-order chi connectivity index (χ0) is 11.5. The largest absolute Gasteiger partial charge is 0.467 e. The molecule has 0 aliphatic heterocycles. The zero-order valence-electron chi connectivity index (χ0n) is 9.14. The molecule has 0 N–H and O–H groups in total. The molecule has 0 fully saturated rings. The molecule has 0 bridgehead atoms. The van der Waals surface area contributed by atoms with Gasteiger partial charge in [-0.25, -0.2) is 0 Å². The van der Waals surface area contributed by atoms with E-state index in [2.05, 4.69) is 4.37 Å². The van der Waals surface area contributed by atoms with Crippen LogP contribution in [0.25, 0.3) is 0 Å². The predicted molar refractivity (Wildman–Crippen MR) is 61.4 cm³/mol. The van der Waals surface area contributed by atoms with Gasteiger partial charge in [-0.2, -0.15) is 4.37 Å². The predicted octanol–water partition coefficient (Wildman–Crippen LogP) is 2.32. The molecule has 0 aliphatic rings. The molecule has 0 saturated heterocycles. The van der Waals surface area contributed by atoms with E-state index in [9.17, 15) is 4.79 Å². The number of nitrogens with zero attached hydrogens (tertiary/aromatic N) is 2. The molecule has 1 amide bonds. The van der Waals surface area contributed by atoms with Crippen LogP contribution in [0.15, 0.2) is 28.2 Å². The minimum absolute atomic E-state index is 0.0253. The fourth-order valence-electron chi connectivity index (χ4n) is 1.41. The van der Waals surface area contributed by atoms with E-state index in [1.165, 1.54) is 11.5 Å². The molecule has 0 saturated carbocycles. The van der Waals surface area contributed by atoms with E-state index in [1.54, 1.807) is 23.6 Å². The summed E-state index contributed by atoms with van der Waals surface area (Å²) >= 11 is 1.30. The van der Waals surface area contributed by atoms with Gasteiger partial charge in [0.2, 0.25) is 0 Å². The van der Waals surface area contributed by atoms with E-state index in [4.69, 9.17) is 4.42 Å². The molecule has 2 aromatic rings. The third kappa shape index (κ3) is 2.14. The molecular formula is C11H12N2O2S. The van der Waals surface area contributed by atoms with Crippen LogP contribution in [0.1, 0.15) is 21.8 Å². The van der Waals surface area contributed by atoms with E-state index in [-0.39, 0.29) is 5.91 Å². The van der Waals surface area contributed by atoms with Gasteiger partial charge in [0.1, 0.15) is 5.76 Å². The third-order valence-corrected chi connectivity index (χ3v) is 3.02. The SMILES string of the molecule is Cc1nscc1C(=O)N(C)Cc1ccco1. The maximum atomic E-state index is 12.0. The monoisotopic (exact) mass is 236 g/mol. The molecule has 0 atom stereocenters. The van der Waals surface area contributed by atoms with Crippen molar-refractivity contribution < 1.29 is 9.21 Å². The van der Waals surface area contributed by atoms with Crippen LogP contribution in [0.4, 0.5) is 0 Å². The average Bonchev–Trinajstić information content (AvgIpc) is 2.88. The number of amides is 1. The summed E-state index contributed by atoms with van der Waals surface area (Å²) in [6.07, 6.45) is 1.60. The molecule has 2 heterocycles. The quantitative estimate of drug-likeness (QED) is 0.821. The summed E-state index contributed by atoms with van der Waals surface area (Å²) in [7, 11) is 1.75. The Balaban J connectivity index is 2.08. The highest BCUT2D eigenvalue weighted by molar-refractivity contribution is 7.03. The lowest BCUT2D eigenvalue weighted by molar-refractivity contribution is 0.0775. The Hall–Kier alpha value is -1.62. The van der Waals surface area contributed by atoms with Crippen molar-refractivity contribution in [1.29, 1.82) is 0 Å². The fourth-order valence-corrected chi connectivity index (χ4v) is 2.10. The van der Waals surface area contributed by atoms with Gasteiger partial charge >= 0.3 is 0 Å². The van der Waals surface area contributed by atoms with Crippen molar-refractivity contribution in [3.05, 3.63) is 40.8 Å². The lowest BCUT2D eigenvalue weighted by Crippen LogP contribution is -2.26. The van der Waals surface area contributed by atoms with E-state index >= 15 is 0 Å². The summed E-state index contributed by atoms with van der Waals surface area (Å²) in [6.45, 7) is 2.31. The van der Waals surface area contributed by atoms with Crippen molar-refractivity contribution in [2.45, 2.75) is 13.5 Å². The van der Waals surface area contributed by atoms with Crippen LogP contribution < -0.4 is 0 Å². The van der Waals surface area contributed by atoms with Gasteiger partial charge < -0.3 is 9.32 Å². The van der Waals surface area contributed by atoms with Crippen molar-refractivity contribution in [2.24, 2.45) is 0 Å². The third-order valence-electron chi connectivity index (χ3n) is 2.30. The summed E-state index contributed by atoms with van der Waals surface area (Å²) in [4.78, 5) is 13.6. The zero-order valence-corrected chi connectivity index (χ0v) is 9.95. The molecule has 0 aliphatic carbocycles. The van der Waals surface area contributed by atoms with Crippen LogP contribution in [-0.4, -0.2) is 22.2 Å². The Morgan fingerprint density at radius 2 is 2.44 bits per heavy atom. The number of carbonyl (C=O) groups excluding carboxylic acids is 1. The van der Waals surface area contributed by atoms with E-state index in [0.717, 1.165) is 11.5 Å². The molecule has 0 radical (unpaired) electrons. The van der Waals surface area contributed by atoms with Gasteiger partial charge in [-0.3, -0.25) is 4.79 Å². The molecule has 0 spiro atoms. The second-order valence-corrected chi connectivity index (χ2v) is 4.18. The standard InChI is InChI=1S/C11H12N2O2S/c1-8-10(7-16-12-8)11(14)13(2)6-9-4-3-5-15-9/h3-5,7H,6H2,1-2H3. The second kappa shape index (κ2) is 4.49. The van der Waals surface area contributed by atoms with Gasteiger partial charge in [0.15, 0.2) is 0 Å². The number of aromatic nitrogens is 1. The molecule has 84 valence electrons.